The second-order valence-electron chi connectivity index (χ2n) is 11.5. The number of nitrogens with zero attached hydrogens (tertiary/aromatic N) is 5. The molecule has 1 aliphatic carbocycles. The maximum atomic E-state index is 13.9. The van der Waals surface area contributed by atoms with E-state index in [1.165, 1.54) is 30.0 Å². The van der Waals surface area contributed by atoms with Gasteiger partial charge >= 0.3 is 0 Å². The molecule has 5 rings (SSSR count). The Morgan fingerprint density at radius 3 is 2.44 bits per heavy atom. The molecule has 2 fully saturated rings. The van der Waals surface area contributed by atoms with E-state index >= 15 is 0 Å². The average molecular weight is 577 g/mol. The van der Waals surface area contributed by atoms with Gasteiger partial charge in [0.2, 0.25) is 11.6 Å². The number of hydrogen-bond donors (Lipinski definition) is 0. The number of hydrogen-bond acceptors (Lipinski definition) is 4. The van der Waals surface area contributed by atoms with E-state index in [4.69, 9.17) is 5.11 Å². The standard InChI is InChI=1S/C32H38N5O.C5H8/c1-6-9-24-19-25(20-34-31(24)21(4)33-5)32(38)36-18-17-29-30(28(36)8-3)27(10-7-2)35-37(29)26-15-13-23(14-16-26)22-11-12-22;1-4-5(2)3/h6,9,13-16,19-20,22,28H,5,7-8,10-12,17-18H2,1-4H3;4H,1-2H2,3H3/q+1;/b9-6-,31-21+;/t28-;/m0./s1. The Labute approximate surface area is 258 Å². The normalized spacial score (nSPS) is 21.6. The molecule has 1 aromatic rings. The van der Waals surface area contributed by atoms with Gasteiger partial charge < -0.3 is 4.90 Å². The molecule has 1 saturated heterocycles. The molecule has 1 saturated carbocycles. The maximum Gasteiger partial charge on any atom is 0.291 e. The van der Waals surface area contributed by atoms with Crippen LogP contribution < -0.4 is 0 Å². The van der Waals surface area contributed by atoms with Crippen molar-refractivity contribution < 1.29 is 9.49 Å². The summed E-state index contributed by atoms with van der Waals surface area (Å²) in [4.78, 5) is 24.6. The minimum absolute atomic E-state index is 0.0136. The number of benzene rings is 1. The molecule has 0 spiro atoms. The van der Waals surface area contributed by atoms with Crippen LogP contribution >= 0.6 is 0 Å². The van der Waals surface area contributed by atoms with Crippen molar-refractivity contribution in [3.63, 3.8) is 0 Å². The van der Waals surface area contributed by atoms with Crippen LogP contribution in [0.25, 0.3) is 0 Å². The molecule has 3 heterocycles. The van der Waals surface area contributed by atoms with Gasteiger partial charge in [-0.1, -0.05) is 80.1 Å². The molecule has 2 radical (unpaired) electrons. The van der Waals surface area contributed by atoms with E-state index in [2.05, 4.69) is 72.7 Å². The zero-order valence-corrected chi connectivity index (χ0v) is 26.6. The molecular formula is C37H46N5O+. The molecule has 6 nitrogen and oxygen atoms in total. The number of amides is 1. The quantitative estimate of drug-likeness (QED) is 0.164. The van der Waals surface area contributed by atoms with Gasteiger partial charge in [-0.3, -0.25) is 14.8 Å². The van der Waals surface area contributed by atoms with E-state index in [0.717, 1.165) is 65.5 Å². The summed E-state index contributed by atoms with van der Waals surface area (Å²) in [5, 5.41) is 5.12. The first-order chi connectivity index (χ1) is 20.8. The van der Waals surface area contributed by atoms with Gasteiger partial charge in [0, 0.05) is 31.3 Å². The number of aliphatic imine (C=N–C) groups is 2. The highest BCUT2D eigenvalue weighted by Gasteiger charge is 2.50. The smallest absolute Gasteiger partial charge is 0.291 e. The predicted octanol–water partition coefficient (Wildman–Crippen LogP) is 9.11. The van der Waals surface area contributed by atoms with E-state index in [0.29, 0.717) is 12.5 Å². The number of piperidine rings is 1. The van der Waals surface area contributed by atoms with Crippen molar-refractivity contribution in [3.05, 3.63) is 113 Å². The summed E-state index contributed by atoms with van der Waals surface area (Å²) in [6.45, 7) is 21.4. The lowest BCUT2D eigenvalue weighted by atomic mass is 9.86. The summed E-state index contributed by atoms with van der Waals surface area (Å²) >= 11 is 0. The minimum Gasteiger partial charge on any atom is -0.334 e. The van der Waals surface area contributed by atoms with Gasteiger partial charge in [0.15, 0.2) is 0 Å². The van der Waals surface area contributed by atoms with Crippen LogP contribution in [0.3, 0.4) is 0 Å². The second-order valence-corrected chi connectivity index (χ2v) is 11.5. The van der Waals surface area contributed by atoms with Crippen LogP contribution in [-0.4, -0.2) is 41.0 Å². The fourth-order valence-corrected chi connectivity index (χ4v) is 5.73. The lowest BCUT2D eigenvalue weighted by Crippen LogP contribution is -2.49. The molecule has 0 unspecified atom stereocenters. The summed E-state index contributed by atoms with van der Waals surface area (Å²) in [5.74, 6) is 1.35. The molecule has 6 heteroatoms. The number of rotatable bonds is 9. The molecule has 224 valence electrons. The Morgan fingerprint density at radius 1 is 1.19 bits per heavy atom. The molecule has 0 N–H and O–H groups in total. The predicted molar refractivity (Wildman–Crippen MR) is 178 cm³/mol. The third kappa shape index (κ3) is 7.18. The molecule has 0 bridgehead atoms. The first kappa shape index (κ1) is 32.0. The van der Waals surface area contributed by atoms with Gasteiger partial charge in [0.25, 0.3) is 6.04 Å². The number of fused-ring (bicyclic) bond motifs is 1. The maximum absolute atomic E-state index is 13.9. The minimum atomic E-state index is -0.0136. The van der Waals surface area contributed by atoms with Crippen molar-refractivity contribution in [1.29, 1.82) is 0 Å². The van der Waals surface area contributed by atoms with Crippen molar-refractivity contribution in [2.75, 3.05) is 6.54 Å². The van der Waals surface area contributed by atoms with Crippen molar-refractivity contribution >= 4 is 24.5 Å². The number of carbonyl (C=O) groups excluding carboxylic acids is 1. The zero-order chi connectivity index (χ0) is 31.1. The Bertz CT molecular complexity index is 1430. The Hall–Kier alpha value is -3.93. The third-order valence-electron chi connectivity index (χ3n) is 8.16. The van der Waals surface area contributed by atoms with Crippen molar-refractivity contribution in [1.82, 2.24) is 4.90 Å². The average Bonchev–Trinajstić information content (AvgIpc) is 3.82. The lowest BCUT2D eigenvalue weighted by Gasteiger charge is -2.38. The van der Waals surface area contributed by atoms with Crippen LogP contribution in [0.15, 0.2) is 111 Å². The highest BCUT2D eigenvalue weighted by Crippen LogP contribution is 2.46. The fraction of sp³-hybridized carbons (Fsp3) is 0.378. The summed E-state index contributed by atoms with van der Waals surface area (Å²) < 4.78 is 2.14. The Morgan fingerprint density at radius 2 is 1.88 bits per heavy atom. The van der Waals surface area contributed by atoms with E-state index in [9.17, 15) is 4.79 Å². The van der Waals surface area contributed by atoms with Crippen LogP contribution in [0.1, 0.15) is 84.6 Å². The number of carbonyl (C=O) groups is 1. The number of azo groups is 2. The molecule has 3 aliphatic heterocycles. The van der Waals surface area contributed by atoms with Crippen molar-refractivity contribution in [2.24, 2.45) is 15.1 Å². The zero-order valence-electron chi connectivity index (χ0n) is 26.6. The second kappa shape index (κ2) is 14.5. The molecule has 0 aromatic heterocycles. The summed E-state index contributed by atoms with van der Waals surface area (Å²) in [6, 6.07) is 10.2. The van der Waals surface area contributed by atoms with Gasteiger partial charge in [0.1, 0.15) is 11.6 Å². The molecule has 4 aliphatic rings. The van der Waals surface area contributed by atoms with Crippen LogP contribution in [0.5, 0.6) is 0 Å². The molecule has 1 atom stereocenters. The van der Waals surface area contributed by atoms with Gasteiger partial charge in [0.05, 0.1) is 23.0 Å². The lowest BCUT2D eigenvalue weighted by molar-refractivity contribution is -0.487. The van der Waals surface area contributed by atoms with Gasteiger partial charge in [-0.05, 0) is 75.3 Å². The topological polar surface area (TPSA) is 60.4 Å². The van der Waals surface area contributed by atoms with Crippen molar-refractivity contribution in [3.8, 4) is 0 Å². The van der Waals surface area contributed by atoms with Gasteiger partial charge in [-0.2, -0.15) is 0 Å². The first-order valence-corrected chi connectivity index (χ1v) is 15.5. The van der Waals surface area contributed by atoms with E-state index < -0.39 is 0 Å². The van der Waals surface area contributed by atoms with Crippen molar-refractivity contribution in [2.45, 2.75) is 85.1 Å². The number of dihydropyridines is 1. The molecule has 43 heavy (non-hydrogen) atoms. The van der Waals surface area contributed by atoms with Crippen LogP contribution in [-0.2, 0) is 4.79 Å². The van der Waals surface area contributed by atoms with E-state index in [1.807, 2.05) is 43.9 Å². The fourth-order valence-electron chi connectivity index (χ4n) is 5.73. The van der Waals surface area contributed by atoms with E-state index in [1.54, 1.807) is 12.3 Å². The molecule has 1 aromatic carbocycles. The third-order valence-corrected chi connectivity index (χ3v) is 8.16. The monoisotopic (exact) mass is 576 g/mol. The number of allylic oxidation sites excluding steroid dienone is 6. The first-order valence-electron chi connectivity index (χ1n) is 15.5. The summed E-state index contributed by atoms with van der Waals surface area (Å²) in [7, 11) is 0. The van der Waals surface area contributed by atoms with Gasteiger partial charge in [-0.15, -0.1) is 0 Å². The molecule has 1 amide bonds. The summed E-state index contributed by atoms with van der Waals surface area (Å²) in [5.41, 5.74) is 8.28. The highest BCUT2D eigenvalue weighted by molar-refractivity contribution is 6.12. The largest absolute Gasteiger partial charge is 0.334 e. The molecular weight excluding hydrogens is 530 g/mol. The van der Waals surface area contributed by atoms with E-state index in [-0.39, 0.29) is 11.9 Å². The SMILES string of the molecule is C=CC(=C)C.C=N/C(C)=C1/N=C[C](C(=O)N2CC[C]3C(=C(CCC)N=[N+]3c3ccc(C4CC4)cc3)[C@@H]2CC)C=C1/C=C\C. The summed E-state index contributed by atoms with van der Waals surface area (Å²) in [6.07, 6.45) is 15.4. The van der Waals surface area contributed by atoms with Gasteiger partial charge in [-0.25, -0.2) is 0 Å². The van der Waals surface area contributed by atoms with Crippen LogP contribution in [0.4, 0.5) is 5.69 Å². The Kier molecular flexibility index (Phi) is 10.8. The van der Waals surface area contributed by atoms with Crippen LogP contribution in [0, 0.1) is 12.0 Å². The number of likely N-dealkylation sites (tertiary alicyclic amines) is 1. The Balaban J connectivity index is 0.000000782. The van der Waals surface area contributed by atoms with Crippen LogP contribution in [0.2, 0.25) is 0 Å². The highest BCUT2D eigenvalue weighted by atomic mass is 16.2.